The van der Waals surface area contributed by atoms with Crippen molar-refractivity contribution in [2.24, 2.45) is 5.73 Å². The summed E-state index contributed by atoms with van der Waals surface area (Å²) in [5, 5.41) is 136. The number of aliphatic hydroxyl groups is 11. The number of primary amides is 1. The molecule has 7 saturated heterocycles. The molecule has 0 aliphatic carbocycles. The highest BCUT2D eigenvalue weighted by molar-refractivity contribution is 5.98. The number of hydrogen-bond donors (Lipinski definition) is 19. The van der Waals surface area contributed by atoms with E-state index in [1.165, 1.54) is 35.5 Å². The molecule has 7 aliphatic rings. The molecule has 27 atom stereocenters. The van der Waals surface area contributed by atoms with E-state index in [1.54, 1.807) is 0 Å². The summed E-state index contributed by atoms with van der Waals surface area (Å²) in [6.07, 6.45) is -32.3. The van der Waals surface area contributed by atoms with Crippen LogP contribution in [0.2, 0.25) is 0 Å². The van der Waals surface area contributed by atoms with Gasteiger partial charge in [-0.2, -0.15) is 0 Å². The number of nitrogens with two attached hydrogens (primary N) is 1. The summed E-state index contributed by atoms with van der Waals surface area (Å²) in [4.78, 5) is 152. The van der Waals surface area contributed by atoms with Gasteiger partial charge in [0.2, 0.25) is 65.0 Å². The standard InChI is InChI=1S/C59H95N11O30/c1-22(49(60)86)62-52(89)30-11-8-14-69(30)55(92)31-12-9-15-70(31)54(91)23(2)63-53(90)37(67-50(87)28(17-71)66-36(78)16-61-51(88)29-10-7-13-68(29)27(6)76)24(3)95-57-39(65-26(5)75)48(100-59-46(85)44(83)41(80)33(18-72)96-59)42(81)35(98-57)21-94-56-38(64-25(4)74)43(82)47(34(19-73)97-56)99-58-45(84)40(79)32(77)20-93-58/h22-24,28-35,37-48,56-59,71-73,77,79-85H,7-21H2,1-6H3,(H2,60,86)(H,61,88)(H,62,89)(H,63,90)(H,64,74)(H,65,75)(H,66,78)(H,67,87)/t22?,23?,24?,28?,29?,30?,31?,32-,33?,34?,35?,37?,38+,39+,40?,41-,42-,43?,44?,45+,46+,47-,48?,56+,57+,58-,59-/m0/s1. The molecule has 0 saturated carbocycles. The molecule has 41 heteroatoms. The van der Waals surface area contributed by atoms with E-state index < -0.39 is 270 Å². The molecule has 0 aromatic rings. The zero-order chi connectivity index (χ0) is 73.9. The minimum Gasteiger partial charge on any atom is -0.394 e. The van der Waals surface area contributed by atoms with Crippen LogP contribution in [-0.2, 0) is 90.6 Å². The predicted octanol–water partition coefficient (Wildman–Crippen LogP) is -12.8. The van der Waals surface area contributed by atoms with Crippen molar-refractivity contribution in [1.29, 1.82) is 0 Å². The first-order chi connectivity index (χ1) is 47.2. The summed E-state index contributed by atoms with van der Waals surface area (Å²) < 4.78 is 47.5. The van der Waals surface area contributed by atoms with Gasteiger partial charge >= 0.3 is 0 Å². The van der Waals surface area contributed by atoms with Crippen LogP contribution in [0.1, 0.15) is 80.1 Å². The van der Waals surface area contributed by atoms with Crippen LogP contribution < -0.4 is 43.0 Å². The lowest BCUT2D eigenvalue weighted by atomic mass is 9.94. The smallest absolute Gasteiger partial charge is 0.246 e. The van der Waals surface area contributed by atoms with Crippen molar-refractivity contribution in [2.45, 2.75) is 245 Å². The second kappa shape index (κ2) is 36.0. The molecule has 0 spiro atoms. The molecule has 7 aliphatic heterocycles. The van der Waals surface area contributed by atoms with Crippen LogP contribution in [0.25, 0.3) is 0 Å². The Hall–Kier alpha value is -6.59. The van der Waals surface area contributed by atoms with Crippen LogP contribution in [0.15, 0.2) is 0 Å². The number of carbonyl (C=O) groups excluding carboxylic acids is 11. The molecule has 0 radical (unpaired) electrons. The van der Waals surface area contributed by atoms with Crippen LogP contribution in [0, 0.1) is 0 Å². The summed E-state index contributed by atoms with van der Waals surface area (Å²) >= 11 is 0. The first kappa shape index (κ1) is 80.7. The quantitative estimate of drug-likeness (QED) is 0.0346. The third-order valence-electron chi connectivity index (χ3n) is 18.4. The predicted molar refractivity (Wildman–Crippen MR) is 328 cm³/mol. The molecule has 0 aromatic heterocycles. The average Bonchev–Trinajstić information content (AvgIpc) is 0.959. The van der Waals surface area contributed by atoms with E-state index in [0.717, 1.165) is 20.8 Å². The first-order valence-electron chi connectivity index (χ1n) is 32.9. The van der Waals surface area contributed by atoms with Gasteiger partial charge in [0, 0.05) is 40.4 Å². The summed E-state index contributed by atoms with van der Waals surface area (Å²) in [6, 6.07) is -13.4. The van der Waals surface area contributed by atoms with Gasteiger partial charge in [0.25, 0.3) is 0 Å². The van der Waals surface area contributed by atoms with Crippen molar-refractivity contribution >= 4 is 65.0 Å². The number of rotatable bonds is 28. The van der Waals surface area contributed by atoms with Crippen molar-refractivity contribution in [3.8, 4) is 0 Å². The Morgan fingerprint density at radius 1 is 0.550 bits per heavy atom. The first-order valence-corrected chi connectivity index (χ1v) is 32.9. The summed E-state index contributed by atoms with van der Waals surface area (Å²) in [6.45, 7) is 1.96. The fraction of sp³-hybridized carbons (Fsp3) is 0.814. The molecule has 20 N–H and O–H groups in total. The third-order valence-corrected chi connectivity index (χ3v) is 18.4. The van der Waals surface area contributed by atoms with Crippen molar-refractivity contribution in [3.63, 3.8) is 0 Å². The molecule has 0 aromatic carbocycles. The van der Waals surface area contributed by atoms with Gasteiger partial charge in [-0.05, 0) is 59.3 Å². The Labute approximate surface area is 572 Å². The van der Waals surface area contributed by atoms with E-state index in [4.69, 9.17) is 43.6 Å². The Bertz CT molecular complexity index is 2890. The molecule has 7 rings (SSSR count). The Balaban J connectivity index is 1.19. The number of likely N-dealkylation sites (tertiary alicyclic amines) is 3. The topological polar surface area (TPSA) is 604 Å². The second-order valence-electron chi connectivity index (χ2n) is 25.6. The van der Waals surface area contributed by atoms with E-state index in [-0.39, 0.29) is 45.3 Å². The van der Waals surface area contributed by atoms with Gasteiger partial charge in [-0.1, -0.05) is 0 Å². The van der Waals surface area contributed by atoms with Gasteiger partial charge in [0.15, 0.2) is 25.2 Å². The summed E-state index contributed by atoms with van der Waals surface area (Å²) in [5.74, 6) is -9.39. The van der Waals surface area contributed by atoms with Gasteiger partial charge in [0.05, 0.1) is 45.7 Å². The maximum Gasteiger partial charge on any atom is 0.246 e. The second-order valence-corrected chi connectivity index (χ2v) is 25.6. The third kappa shape index (κ3) is 19.4. The molecular weight excluding hydrogens is 1340 g/mol. The number of aliphatic hydroxyl groups excluding tert-OH is 11. The van der Waals surface area contributed by atoms with E-state index in [2.05, 4.69) is 37.2 Å². The Morgan fingerprint density at radius 3 is 1.73 bits per heavy atom. The lowest BCUT2D eigenvalue weighted by molar-refractivity contribution is -0.355. The van der Waals surface area contributed by atoms with E-state index >= 15 is 0 Å². The summed E-state index contributed by atoms with van der Waals surface area (Å²) in [7, 11) is 0. The molecule has 7 heterocycles. The normalized spacial score (nSPS) is 35.3. The van der Waals surface area contributed by atoms with Gasteiger partial charge in [-0.3, -0.25) is 52.7 Å². The maximum atomic E-state index is 15.0. The van der Waals surface area contributed by atoms with E-state index in [9.17, 15) is 109 Å². The highest BCUT2D eigenvalue weighted by Gasteiger charge is 2.55. The van der Waals surface area contributed by atoms with Crippen molar-refractivity contribution < 1.29 is 147 Å². The fourth-order valence-corrected chi connectivity index (χ4v) is 12.9. The number of ether oxygens (including phenoxy) is 8. The highest BCUT2D eigenvalue weighted by Crippen LogP contribution is 2.34. The average molecular weight is 1440 g/mol. The van der Waals surface area contributed by atoms with E-state index in [1.807, 2.05) is 0 Å². The number of nitrogens with zero attached hydrogens (tertiary/aromatic N) is 3. The van der Waals surface area contributed by atoms with E-state index in [0.29, 0.717) is 12.8 Å². The highest BCUT2D eigenvalue weighted by atomic mass is 16.8. The van der Waals surface area contributed by atoms with Crippen LogP contribution >= 0.6 is 0 Å². The molecule has 100 heavy (non-hydrogen) atoms. The van der Waals surface area contributed by atoms with Crippen molar-refractivity contribution in [1.82, 2.24) is 51.9 Å². The molecule has 7 fully saturated rings. The molecule has 41 nitrogen and oxygen atoms in total. The van der Waals surface area contributed by atoms with Crippen LogP contribution in [-0.4, -0.2) is 360 Å². The Morgan fingerprint density at radius 2 is 1.12 bits per heavy atom. The van der Waals surface area contributed by atoms with Crippen molar-refractivity contribution in [2.75, 3.05) is 59.2 Å². The van der Waals surface area contributed by atoms with Crippen LogP contribution in [0.5, 0.6) is 0 Å². The van der Waals surface area contributed by atoms with Crippen molar-refractivity contribution in [3.05, 3.63) is 0 Å². The monoisotopic (exact) mass is 1440 g/mol. The lowest BCUT2D eigenvalue weighted by Gasteiger charge is -2.49. The van der Waals surface area contributed by atoms with Gasteiger partial charge in [-0.15, -0.1) is 0 Å². The van der Waals surface area contributed by atoms with Gasteiger partial charge in [0.1, 0.15) is 134 Å². The zero-order valence-corrected chi connectivity index (χ0v) is 55.8. The minimum atomic E-state index is -2.18. The number of nitrogens with one attached hydrogen (secondary N) is 7. The Kier molecular flexibility index (Phi) is 29.1. The van der Waals surface area contributed by atoms with Crippen LogP contribution in [0.4, 0.5) is 0 Å². The number of amides is 11. The lowest BCUT2D eigenvalue weighted by Crippen LogP contribution is -2.69. The molecule has 0 bridgehead atoms. The number of carbonyl (C=O) groups is 11. The summed E-state index contributed by atoms with van der Waals surface area (Å²) in [5.41, 5.74) is 5.35. The maximum absolute atomic E-state index is 15.0. The fourth-order valence-electron chi connectivity index (χ4n) is 12.9. The molecular formula is C59H95N11O30. The number of hydrogen-bond acceptors (Lipinski definition) is 30. The largest absolute Gasteiger partial charge is 0.394 e. The minimum absolute atomic E-state index is 0.0173. The molecule has 11 amide bonds. The molecule has 15 unspecified atom stereocenters. The molecule has 566 valence electrons. The SMILES string of the molecule is CC(=O)N[C@@H]1C(O[C@@H]2OC(CO)[C@H](O)C(O)[C@H]2O)[C@@H](O)C(CO[C@@H]2OC(CO)[C@H](O[C@@H]3OC[C@H](O)C(O)[C@H]3O)C(O)[C@H]2NC(C)=O)O[C@H]1OC(C)C(NC(=O)C(CO)NC(=O)CNC(=O)C1CCCN1C(C)=O)C(=O)NC(C)C(=O)N1CCCC1C(=O)N1CCCC1C(=O)NC(C)C(N)=O. The van der Waals surface area contributed by atoms with Gasteiger partial charge < -0.3 is 152 Å². The van der Waals surface area contributed by atoms with Gasteiger partial charge in [-0.25, -0.2) is 0 Å². The zero-order valence-electron chi connectivity index (χ0n) is 55.8. The van der Waals surface area contributed by atoms with Crippen LogP contribution in [0.3, 0.4) is 0 Å².